The van der Waals surface area contributed by atoms with Crippen LogP contribution in [0.15, 0.2) is 36.4 Å². The van der Waals surface area contributed by atoms with Crippen LogP contribution in [0.25, 0.3) is 0 Å². The molecule has 4 rings (SSSR count). The summed E-state index contributed by atoms with van der Waals surface area (Å²) in [6.07, 6.45) is -8.09. The first-order valence-corrected chi connectivity index (χ1v) is 9.61. The van der Waals surface area contributed by atoms with E-state index in [-0.39, 0.29) is 35.0 Å². The van der Waals surface area contributed by atoms with E-state index in [0.29, 0.717) is 5.56 Å². The van der Waals surface area contributed by atoms with Gasteiger partial charge in [-0.1, -0.05) is 12.1 Å². The standard InChI is InChI=1S/C21H22O10/c22-8-16-18(26)19(27)20(28)21(31-16)29-11-5-12(24)17-13(25)7-14(30-15(17)6-11)9-1-3-10(23)4-2-9/h1-6,14,16,18-24,26-28H,7-8H2/t14-,16?,18?,19?,20?,21?/m0/s1. The van der Waals surface area contributed by atoms with E-state index >= 15 is 0 Å². The molecule has 2 aliphatic heterocycles. The fourth-order valence-corrected chi connectivity index (χ4v) is 3.66. The first-order chi connectivity index (χ1) is 14.8. The quantitative estimate of drug-likeness (QED) is 0.385. The van der Waals surface area contributed by atoms with Gasteiger partial charge in [0.05, 0.1) is 13.0 Å². The maximum Gasteiger partial charge on any atom is 0.229 e. The Bertz CT molecular complexity index is 957. The Hall–Kier alpha value is -2.89. The number of hydrogen-bond acceptors (Lipinski definition) is 10. The number of Topliss-reactive ketones (excluding diaryl/α,β-unsaturated/α-hetero) is 1. The number of phenolic OH excluding ortho intramolecular Hbond substituents is 2. The number of fused-ring (bicyclic) bond motifs is 1. The summed E-state index contributed by atoms with van der Waals surface area (Å²) in [5.74, 6) is -0.657. The minimum atomic E-state index is -1.64. The molecular formula is C21H22O10. The number of hydrogen-bond donors (Lipinski definition) is 6. The van der Waals surface area contributed by atoms with Gasteiger partial charge in [-0.2, -0.15) is 0 Å². The Kier molecular flexibility index (Phi) is 5.73. The summed E-state index contributed by atoms with van der Waals surface area (Å²) < 4.78 is 16.7. The molecule has 2 aliphatic rings. The molecular weight excluding hydrogens is 412 g/mol. The number of carbonyl (C=O) groups is 1. The molecule has 5 unspecified atom stereocenters. The Morgan fingerprint density at radius 1 is 1.00 bits per heavy atom. The van der Waals surface area contributed by atoms with Crippen LogP contribution in [0.1, 0.15) is 28.4 Å². The lowest BCUT2D eigenvalue weighted by Crippen LogP contribution is -2.60. The number of aliphatic hydroxyl groups excluding tert-OH is 4. The molecule has 10 heteroatoms. The number of ether oxygens (including phenoxy) is 3. The lowest BCUT2D eigenvalue weighted by Gasteiger charge is -2.39. The predicted molar refractivity (Wildman–Crippen MR) is 103 cm³/mol. The van der Waals surface area contributed by atoms with Crippen LogP contribution in [0.2, 0.25) is 0 Å². The number of rotatable bonds is 4. The second kappa shape index (κ2) is 8.33. The van der Waals surface area contributed by atoms with Crippen LogP contribution >= 0.6 is 0 Å². The molecule has 0 radical (unpaired) electrons. The van der Waals surface area contributed by atoms with Crippen LogP contribution in [-0.2, 0) is 4.74 Å². The zero-order chi connectivity index (χ0) is 22.3. The smallest absolute Gasteiger partial charge is 0.229 e. The first-order valence-electron chi connectivity index (χ1n) is 9.61. The SMILES string of the molecule is O=C1C[C@@H](c2ccc(O)cc2)Oc2cc(OC3OC(CO)C(O)C(O)C3O)cc(O)c21. The van der Waals surface area contributed by atoms with Gasteiger partial charge in [-0.3, -0.25) is 4.79 Å². The van der Waals surface area contributed by atoms with Crippen LogP contribution in [0.4, 0.5) is 0 Å². The highest BCUT2D eigenvalue weighted by Gasteiger charge is 2.45. The Morgan fingerprint density at radius 2 is 1.71 bits per heavy atom. The summed E-state index contributed by atoms with van der Waals surface area (Å²) in [5, 5.41) is 59.0. The molecule has 0 aliphatic carbocycles. The minimum Gasteiger partial charge on any atom is -0.508 e. The molecule has 1 saturated heterocycles. The Labute approximate surface area is 176 Å². The third-order valence-electron chi connectivity index (χ3n) is 5.34. The van der Waals surface area contributed by atoms with Gasteiger partial charge in [0.1, 0.15) is 59.1 Å². The number of aromatic hydroxyl groups is 2. The Balaban J connectivity index is 1.59. The van der Waals surface area contributed by atoms with Gasteiger partial charge < -0.3 is 44.8 Å². The van der Waals surface area contributed by atoms with E-state index in [4.69, 9.17) is 14.2 Å². The molecule has 2 aromatic carbocycles. The largest absolute Gasteiger partial charge is 0.508 e. The highest BCUT2D eigenvalue weighted by molar-refractivity contribution is 6.02. The minimum absolute atomic E-state index is 0.0156. The van der Waals surface area contributed by atoms with Crippen molar-refractivity contribution in [2.24, 2.45) is 0 Å². The fourth-order valence-electron chi connectivity index (χ4n) is 3.66. The predicted octanol–water partition coefficient (Wildman–Crippen LogP) is -0.0170. The maximum atomic E-state index is 12.6. The van der Waals surface area contributed by atoms with Crippen molar-refractivity contribution in [1.82, 2.24) is 0 Å². The van der Waals surface area contributed by atoms with Gasteiger partial charge in [-0.25, -0.2) is 0 Å². The number of phenols is 2. The van der Waals surface area contributed by atoms with Gasteiger partial charge >= 0.3 is 0 Å². The molecule has 1 fully saturated rings. The highest BCUT2D eigenvalue weighted by Crippen LogP contribution is 2.42. The third-order valence-corrected chi connectivity index (χ3v) is 5.34. The average molecular weight is 434 g/mol. The zero-order valence-corrected chi connectivity index (χ0v) is 16.2. The lowest BCUT2D eigenvalue weighted by atomic mass is 9.95. The summed E-state index contributed by atoms with van der Waals surface area (Å²) in [6.45, 7) is -0.619. The van der Waals surface area contributed by atoms with Crippen molar-refractivity contribution < 1.29 is 49.6 Å². The second-order valence-electron chi connectivity index (χ2n) is 7.46. The molecule has 0 amide bonds. The molecule has 31 heavy (non-hydrogen) atoms. The number of aliphatic hydroxyl groups is 4. The van der Waals surface area contributed by atoms with Crippen molar-refractivity contribution in [2.45, 2.75) is 43.2 Å². The van der Waals surface area contributed by atoms with Crippen molar-refractivity contribution in [3.8, 4) is 23.0 Å². The van der Waals surface area contributed by atoms with E-state index in [1.54, 1.807) is 12.1 Å². The van der Waals surface area contributed by atoms with Crippen molar-refractivity contribution in [3.63, 3.8) is 0 Å². The van der Waals surface area contributed by atoms with Crippen LogP contribution in [0, 0.1) is 0 Å². The molecule has 0 bridgehead atoms. The molecule has 0 spiro atoms. The number of benzene rings is 2. The molecule has 2 heterocycles. The van der Waals surface area contributed by atoms with E-state index in [1.807, 2.05) is 0 Å². The van der Waals surface area contributed by atoms with E-state index in [2.05, 4.69) is 0 Å². The Morgan fingerprint density at radius 3 is 2.39 bits per heavy atom. The van der Waals surface area contributed by atoms with Crippen LogP contribution in [0.5, 0.6) is 23.0 Å². The summed E-state index contributed by atoms with van der Waals surface area (Å²) in [4.78, 5) is 12.6. The van der Waals surface area contributed by atoms with Crippen LogP contribution in [0.3, 0.4) is 0 Å². The molecule has 10 nitrogen and oxygen atoms in total. The van der Waals surface area contributed by atoms with E-state index in [9.17, 15) is 35.4 Å². The summed E-state index contributed by atoms with van der Waals surface area (Å²) in [7, 11) is 0. The molecule has 166 valence electrons. The van der Waals surface area contributed by atoms with Crippen LogP contribution < -0.4 is 9.47 Å². The lowest BCUT2D eigenvalue weighted by molar-refractivity contribution is -0.277. The zero-order valence-electron chi connectivity index (χ0n) is 16.2. The molecule has 2 aromatic rings. The van der Waals surface area contributed by atoms with E-state index < -0.39 is 49.2 Å². The monoisotopic (exact) mass is 434 g/mol. The van der Waals surface area contributed by atoms with Crippen molar-refractivity contribution in [1.29, 1.82) is 0 Å². The van der Waals surface area contributed by atoms with E-state index in [0.717, 1.165) is 6.07 Å². The van der Waals surface area contributed by atoms with Gasteiger partial charge in [0.15, 0.2) is 5.78 Å². The summed E-state index contributed by atoms with van der Waals surface area (Å²) >= 11 is 0. The first kappa shape index (κ1) is 21.3. The normalized spacial score (nSPS) is 30.4. The average Bonchev–Trinajstić information content (AvgIpc) is 2.74. The number of carbonyl (C=O) groups excluding carboxylic acids is 1. The van der Waals surface area contributed by atoms with Gasteiger partial charge in [-0.15, -0.1) is 0 Å². The second-order valence-corrected chi connectivity index (χ2v) is 7.46. The highest BCUT2D eigenvalue weighted by atomic mass is 16.7. The van der Waals surface area contributed by atoms with Crippen molar-refractivity contribution >= 4 is 5.78 Å². The molecule has 6 N–H and O–H groups in total. The summed E-state index contributed by atoms with van der Waals surface area (Å²) in [6, 6.07) is 8.64. The van der Waals surface area contributed by atoms with Crippen molar-refractivity contribution in [3.05, 3.63) is 47.5 Å². The third kappa shape index (κ3) is 4.03. The number of ketones is 1. The van der Waals surface area contributed by atoms with Crippen LogP contribution in [-0.4, -0.2) is 73.7 Å². The summed E-state index contributed by atoms with van der Waals surface area (Å²) in [5.41, 5.74) is 0.632. The maximum absolute atomic E-state index is 12.6. The van der Waals surface area contributed by atoms with Gasteiger partial charge in [-0.05, 0) is 17.7 Å². The molecule has 0 aromatic heterocycles. The van der Waals surface area contributed by atoms with E-state index in [1.165, 1.54) is 18.2 Å². The topological polar surface area (TPSA) is 166 Å². The van der Waals surface area contributed by atoms with Gasteiger partial charge in [0.25, 0.3) is 0 Å². The van der Waals surface area contributed by atoms with Gasteiger partial charge in [0.2, 0.25) is 6.29 Å². The molecule has 6 atom stereocenters. The fraction of sp³-hybridized carbons (Fsp3) is 0.381. The molecule has 0 saturated carbocycles. The van der Waals surface area contributed by atoms with Crippen molar-refractivity contribution in [2.75, 3.05) is 6.61 Å². The van der Waals surface area contributed by atoms with Gasteiger partial charge in [0, 0.05) is 12.1 Å².